The Morgan fingerprint density at radius 3 is 2.05 bits per heavy atom. The molecule has 4 aromatic carbocycles. The summed E-state index contributed by atoms with van der Waals surface area (Å²) >= 11 is 0. The van der Waals surface area contributed by atoms with Crippen LogP contribution in [0, 0.1) is 0 Å². The number of ether oxygens (including phenoxy) is 2. The molecule has 0 bridgehead atoms. The van der Waals surface area contributed by atoms with Gasteiger partial charge < -0.3 is 24.6 Å². The van der Waals surface area contributed by atoms with E-state index in [1.807, 2.05) is 36.5 Å². The molecule has 0 saturated heterocycles. The fourth-order valence-corrected chi connectivity index (χ4v) is 8.80. The summed E-state index contributed by atoms with van der Waals surface area (Å²) in [5.41, 5.74) is 9.41. The van der Waals surface area contributed by atoms with Crippen molar-refractivity contribution >= 4 is 38.6 Å². The molecule has 11 nitrogen and oxygen atoms in total. The lowest BCUT2D eigenvalue weighted by atomic mass is 9.93. The van der Waals surface area contributed by atoms with Crippen LogP contribution in [0.3, 0.4) is 0 Å². The molecule has 1 unspecified atom stereocenters. The molecule has 1 atom stereocenters. The number of nitrogens with zero attached hydrogens (tertiary/aromatic N) is 5. The van der Waals surface area contributed by atoms with Crippen molar-refractivity contribution in [2.75, 3.05) is 35.6 Å². The summed E-state index contributed by atoms with van der Waals surface area (Å²) < 4.78 is 41.1. The van der Waals surface area contributed by atoms with Gasteiger partial charge in [0, 0.05) is 48.3 Å². The van der Waals surface area contributed by atoms with Gasteiger partial charge in [-0.05, 0) is 87.1 Å². The minimum atomic E-state index is -3.67. The molecular weight excluding hydrogens is 785 g/mol. The second kappa shape index (κ2) is 20.0. The maximum absolute atomic E-state index is 9.79. The van der Waals surface area contributed by atoms with Crippen molar-refractivity contribution < 1.29 is 22.4 Å². The normalized spacial score (nSPS) is 15.4. The van der Waals surface area contributed by atoms with E-state index in [0.29, 0.717) is 12.2 Å². The number of benzene rings is 4. The van der Waals surface area contributed by atoms with Gasteiger partial charge >= 0.3 is 0 Å². The molecule has 0 aliphatic carbocycles. The Balaban J connectivity index is 0.000000739. The van der Waals surface area contributed by atoms with Gasteiger partial charge in [0.1, 0.15) is 6.17 Å². The average molecular weight is 845 g/mol. The molecular formula is C49H60N6O5S. The average Bonchev–Trinajstić information content (AvgIpc) is 3.27. The van der Waals surface area contributed by atoms with E-state index in [1.165, 1.54) is 5.70 Å². The van der Waals surface area contributed by atoms with Crippen molar-refractivity contribution in [2.45, 2.75) is 98.6 Å². The van der Waals surface area contributed by atoms with Gasteiger partial charge in [-0.2, -0.15) is 8.42 Å². The first-order valence-corrected chi connectivity index (χ1v) is 23.7. The Kier molecular flexibility index (Phi) is 14.3. The number of hydrogen-bond acceptors (Lipinski definition) is 10. The minimum absolute atomic E-state index is 0.0958. The van der Waals surface area contributed by atoms with E-state index in [-0.39, 0.29) is 11.9 Å². The van der Waals surface area contributed by atoms with Crippen molar-refractivity contribution in [1.82, 2.24) is 19.8 Å². The quantitative estimate of drug-likeness (QED) is 0.0960. The molecule has 322 valence electrons. The molecule has 8 rings (SSSR count). The number of allylic oxidation sites excluding steroid dienone is 1. The van der Waals surface area contributed by atoms with Crippen molar-refractivity contribution in [2.24, 2.45) is 0 Å². The molecule has 0 fully saturated rings. The van der Waals surface area contributed by atoms with Gasteiger partial charge in [0.05, 0.1) is 34.2 Å². The highest BCUT2D eigenvalue weighted by atomic mass is 32.2. The van der Waals surface area contributed by atoms with Crippen LogP contribution in [0.2, 0.25) is 0 Å². The monoisotopic (exact) mass is 844 g/mol. The number of hydrogen-bond donors (Lipinski definition) is 2. The van der Waals surface area contributed by atoms with E-state index < -0.39 is 10.1 Å². The van der Waals surface area contributed by atoms with E-state index in [9.17, 15) is 8.42 Å². The van der Waals surface area contributed by atoms with Crippen LogP contribution in [0.5, 0.6) is 23.0 Å². The third kappa shape index (κ3) is 9.72. The first-order valence-electron chi connectivity index (χ1n) is 22.1. The SMILES string of the molecule is CCCCC1=CCN(CCCC)C(c2c3c(cc(-c4nccc(CC)n4)c2N2c4ccccc4Oc4ccccc42)Oc2ccccc2N3)N1CCCC.CCCS(=O)(=O)O. The number of anilines is 5. The van der Waals surface area contributed by atoms with Gasteiger partial charge in [-0.1, -0.05) is 96.4 Å². The lowest BCUT2D eigenvalue weighted by molar-refractivity contribution is 0.0549. The summed E-state index contributed by atoms with van der Waals surface area (Å²) in [4.78, 5) is 18.0. The summed E-state index contributed by atoms with van der Waals surface area (Å²) in [6.07, 6.45) is 13.4. The number of para-hydroxylation sites is 6. The zero-order valence-electron chi connectivity index (χ0n) is 36.2. The molecule has 61 heavy (non-hydrogen) atoms. The number of aryl methyl sites for hydroxylation is 1. The summed E-state index contributed by atoms with van der Waals surface area (Å²) in [7, 11) is -3.67. The zero-order valence-corrected chi connectivity index (χ0v) is 37.0. The molecule has 3 aliphatic heterocycles. The van der Waals surface area contributed by atoms with E-state index in [4.69, 9.17) is 24.0 Å². The second-order valence-electron chi connectivity index (χ2n) is 15.7. The Hall–Kier alpha value is -5.43. The summed E-state index contributed by atoms with van der Waals surface area (Å²) in [6, 6.07) is 29.2. The van der Waals surface area contributed by atoms with Gasteiger partial charge in [0.15, 0.2) is 28.8 Å². The van der Waals surface area contributed by atoms with Crippen LogP contribution in [0.25, 0.3) is 11.4 Å². The molecule has 0 saturated carbocycles. The molecule has 1 aromatic heterocycles. The minimum Gasteiger partial charge on any atom is -0.453 e. The molecule has 0 spiro atoms. The predicted molar refractivity (Wildman–Crippen MR) is 247 cm³/mol. The van der Waals surface area contributed by atoms with Crippen LogP contribution in [0.1, 0.15) is 103 Å². The molecule has 2 N–H and O–H groups in total. The zero-order chi connectivity index (χ0) is 42.9. The number of fused-ring (bicyclic) bond motifs is 4. The first kappa shape index (κ1) is 43.7. The Morgan fingerprint density at radius 1 is 0.770 bits per heavy atom. The number of unbranched alkanes of at least 4 members (excludes halogenated alkanes) is 3. The van der Waals surface area contributed by atoms with Gasteiger partial charge in [0.25, 0.3) is 10.1 Å². The van der Waals surface area contributed by atoms with Crippen molar-refractivity contribution in [3.8, 4) is 34.4 Å². The second-order valence-corrected chi connectivity index (χ2v) is 17.3. The number of nitrogens with one attached hydrogen (secondary N) is 1. The van der Waals surface area contributed by atoms with Gasteiger partial charge in [-0.3, -0.25) is 9.45 Å². The molecule has 12 heteroatoms. The van der Waals surface area contributed by atoms with E-state index in [1.54, 1.807) is 6.92 Å². The summed E-state index contributed by atoms with van der Waals surface area (Å²) in [5, 5.41) is 3.95. The van der Waals surface area contributed by atoms with Gasteiger partial charge in [-0.25, -0.2) is 9.97 Å². The highest BCUT2D eigenvalue weighted by molar-refractivity contribution is 7.85. The maximum atomic E-state index is 9.79. The summed E-state index contributed by atoms with van der Waals surface area (Å²) in [5.74, 6) is 3.74. The molecule has 5 aromatic rings. The van der Waals surface area contributed by atoms with Gasteiger partial charge in [0.2, 0.25) is 0 Å². The Labute approximate surface area is 362 Å². The van der Waals surface area contributed by atoms with Crippen LogP contribution in [-0.2, 0) is 16.5 Å². The lowest BCUT2D eigenvalue weighted by Gasteiger charge is -2.48. The molecule has 4 heterocycles. The van der Waals surface area contributed by atoms with Crippen LogP contribution in [0.15, 0.2) is 103 Å². The topological polar surface area (TPSA) is 120 Å². The van der Waals surface area contributed by atoms with Crippen LogP contribution >= 0.6 is 0 Å². The molecule has 0 radical (unpaired) electrons. The fourth-order valence-electron chi connectivity index (χ4n) is 8.28. The van der Waals surface area contributed by atoms with E-state index >= 15 is 0 Å². The largest absolute Gasteiger partial charge is 0.453 e. The van der Waals surface area contributed by atoms with E-state index in [0.717, 1.165) is 139 Å². The molecule has 3 aliphatic rings. The number of rotatable bonds is 15. The van der Waals surface area contributed by atoms with Crippen molar-refractivity contribution in [3.63, 3.8) is 0 Å². The van der Waals surface area contributed by atoms with Crippen molar-refractivity contribution in [1.29, 1.82) is 0 Å². The van der Waals surface area contributed by atoms with Crippen LogP contribution in [0.4, 0.5) is 28.4 Å². The van der Waals surface area contributed by atoms with Gasteiger partial charge in [-0.15, -0.1) is 0 Å². The fraction of sp³-hybridized carbons (Fsp3) is 0.388. The number of aromatic nitrogens is 2. The first-order chi connectivity index (χ1) is 29.7. The highest BCUT2D eigenvalue weighted by Crippen LogP contribution is 2.59. The Morgan fingerprint density at radius 2 is 1.41 bits per heavy atom. The summed E-state index contributed by atoms with van der Waals surface area (Å²) in [6.45, 7) is 13.5. The lowest BCUT2D eigenvalue weighted by Crippen LogP contribution is -2.46. The molecule has 0 amide bonds. The van der Waals surface area contributed by atoms with Crippen LogP contribution < -0.4 is 19.7 Å². The van der Waals surface area contributed by atoms with Crippen LogP contribution in [-0.4, -0.2) is 58.1 Å². The smallest absolute Gasteiger partial charge is 0.264 e. The van der Waals surface area contributed by atoms with Crippen molar-refractivity contribution in [3.05, 3.63) is 114 Å². The van der Waals surface area contributed by atoms with E-state index in [2.05, 4.69) is 108 Å². The third-order valence-electron chi connectivity index (χ3n) is 11.3. The highest BCUT2D eigenvalue weighted by Gasteiger charge is 2.41. The maximum Gasteiger partial charge on any atom is 0.264 e. The predicted octanol–water partition coefficient (Wildman–Crippen LogP) is 12.7. The Bertz CT molecular complexity index is 2390. The standard InChI is InChI=1S/C46H52N6O2.C3H8O3S/c1-5-9-18-33-26-30-50(28-10-6-2)46(51(33)29-11-7-3)42-43-41(53-38-22-15-12-19-35(38)49-43)31-34(45-47-27-25-32(8-4)48-45)44(42)52-36-20-13-16-23-39(36)54-40-24-17-14-21-37(40)52;1-2-3-7(4,5)6/h12-17,19-27,31,46,49H,5-11,18,28-30H2,1-4H3;2-3H2,1H3,(H,4,5,6). The third-order valence-corrected chi connectivity index (χ3v) is 12.2.